The van der Waals surface area contributed by atoms with Crippen LogP contribution in [0.2, 0.25) is 0 Å². The summed E-state index contributed by atoms with van der Waals surface area (Å²) < 4.78 is 13.8. The molecule has 2 aliphatic heterocycles. The second-order valence-corrected chi connectivity index (χ2v) is 10.9. The summed E-state index contributed by atoms with van der Waals surface area (Å²) in [7, 11) is 0. The summed E-state index contributed by atoms with van der Waals surface area (Å²) in [5.74, 6) is 2.30. The third kappa shape index (κ3) is 4.68. The summed E-state index contributed by atoms with van der Waals surface area (Å²) in [6.07, 6.45) is 4.73. The molecule has 3 aromatic rings. The number of aromatic amines is 1. The Labute approximate surface area is 209 Å². The van der Waals surface area contributed by atoms with Gasteiger partial charge in [0.15, 0.2) is 27.8 Å². The molecule has 0 bridgehead atoms. The van der Waals surface area contributed by atoms with E-state index in [1.54, 1.807) is 6.33 Å². The number of carbonyl (C=O) groups excluding carboxylic acids is 1. The van der Waals surface area contributed by atoms with Gasteiger partial charge >= 0.3 is 0 Å². The average molecular weight is 547 g/mol. The third-order valence-electron chi connectivity index (χ3n) is 6.33. The van der Waals surface area contributed by atoms with Crippen LogP contribution in [0.25, 0.3) is 11.2 Å². The Balaban J connectivity index is 1.29. The first-order chi connectivity index (χ1) is 16.4. The molecule has 1 fully saturated rings. The zero-order valence-electron chi connectivity index (χ0n) is 19.1. The molecule has 0 unspecified atom stereocenters. The molecule has 2 N–H and O–H groups in total. The highest BCUT2D eigenvalue weighted by Gasteiger charge is 2.24. The monoisotopic (exact) mass is 546 g/mol. The summed E-state index contributed by atoms with van der Waals surface area (Å²) in [5, 5.41) is 8.92. The first-order valence-electron chi connectivity index (χ1n) is 11.4. The molecule has 4 heterocycles. The predicted octanol–water partition coefficient (Wildman–Crippen LogP) is 4.17. The van der Waals surface area contributed by atoms with E-state index >= 15 is 0 Å². The Hall–Kier alpha value is -2.53. The molecular formula is C23H27BrN6O3S. The summed E-state index contributed by atoms with van der Waals surface area (Å²) in [5.41, 5.74) is 1.53. The largest absolute Gasteiger partial charge is 0.454 e. The van der Waals surface area contributed by atoms with Crippen molar-refractivity contribution in [1.29, 1.82) is 5.41 Å². The fraction of sp³-hybridized carbons (Fsp3) is 0.478. The second kappa shape index (κ2) is 9.61. The molecule has 1 amide bonds. The van der Waals surface area contributed by atoms with E-state index in [0.29, 0.717) is 22.3 Å². The fourth-order valence-electron chi connectivity index (χ4n) is 4.38. The number of aryl methyl sites for hydroxylation is 1. The third-order valence-corrected chi connectivity index (χ3v) is 8.19. The Morgan fingerprint density at radius 3 is 2.76 bits per heavy atom. The number of amides is 1. The number of ether oxygens (including phenoxy) is 2. The molecule has 1 aromatic carbocycles. The number of rotatable bonds is 6. The molecule has 1 saturated heterocycles. The number of piperidine rings is 1. The smallest absolute Gasteiger partial charge is 0.231 e. The number of aromatic nitrogens is 4. The molecule has 180 valence electrons. The van der Waals surface area contributed by atoms with Crippen molar-refractivity contribution in [2.75, 3.05) is 19.9 Å². The van der Waals surface area contributed by atoms with Gasteiger partial charge in [-0.1, -0.05) is 25.6 Å². The summed E-state index contributed by atoms with van der Waals surface area (Å²) in [4.78, 5) is 27.5. The van der Waals surface area contributed by atoms with Crippen molar-refractivity contribution in [3.8, 4) is 11.5 Å². The van der Waals surface area contributed by atoms with E-state index in [-0.39, 0.29) is 24.1 Å². The van der Waals surface area contributed by atoms with Crippen LogP contribution in [0.1, 0.15) is 33.1 Å². The van der Waals surface area contributed by atoms with E-state index in [1.807, 2.05) is 35.4 Å². The van der Waals surface area contributed by atoms with Crippen LogP contribution in [0.4, 0.5) is 0 Å². The van der Waals surface area contributed by atoms with Crippen molar-refractivity contribution in [2.45, 2.75) is 49.7 Å². The molecule has 5 rings (SSSR count). The lowest BCUT2D eigenvalue weighted by atomic mass is 9.93. The van der Waals surface area contributed by atoms with Gasteiger partial charge in [-0.05, 0) is 53.2 Å². The van der Waals surface area contributed by atoms with Gasteiger partial charge in [0, 0.05) is 34.9 Å². The lowest BCUT2D eigenvalue weighted by Gasteiger charge is -2.33. The lowest BCUT2D eigenvalue weighted by Crippen LogP contribution is -2.40. The Morgan fingerprint density at radius 1 is 1.29 bits per heavy atom. The lowest BCUT2D eigenvalue weighted by molar-refractivity contribution is -0.135. The molecule has 34 heavy (non-hydrogen) atoms. The summed E-state index contributed by atoms with van der Waals surface area (Å²) in [6, 6.07) is 3.82. The number of nitrogens with one attached hydrogen (secondary N) is 2. The van der Waals surface area contributed by atoms with Crippen molar-refractivity contribution in [1.82, 2.24) is 24.4 Å². The second-order valence-electron chi connectivity index (χ2n) is 8.98. The molecule has 2 aromatic heterocycles. The van der Waals surface area contributed by atoms with E-state index < -0.39 is 0 Å². The van der Waals surface area contributed by atoms with Gasteiger partial charge in [0.25, 0.3) is 0 Å². The minimum absolute atomic E-state index is 0.0554. The van der Waals surface area contributed by atoms with Crippen LogP contribution in [0.3, 0.4) is 0 Å². The Kier molecular flexibility index (Phi) is 6.57. The Bertz CT molecular complexity index is 1280. The van der Waals surface area contributed by atoms with Crippen molar-refractivity contribution in [3.63, 3.8) is 0 Å². The highest BCUT2D eigenvalue weighted by atomic mass is 79.9. The van der Waals surface area contributed by atoms with Crippen molar-refractivity contribution < 1.29 is 14.3 Å². The number of hydrogen-bond donors (Lipinski definition) is 2. The van der Waals surface area contributed by atoms with Crippen LogP contribution < -0.4 is 15.0 Å². The van der Waals surface area contributed by atoms with Gasteiger partial charge in [0.1, 0.15) is 5.52 Å². The maximum atomic E-state index is 12.2. The van der Waals surface area contributed by atoms with Gasteiger partial charge in [-0.15, -0.1) is 0 Å². The zero-order valence-corrected chi connectivity index (χ0v) is 21.5. The van der Waals surface area contributed by atoms with Gasteiger partial charge in [-0.25, -0.2) is 9.97 Å². The number of nitrogens with zero attached hydrogens (tertiary/aromatic N) is 4. The maximum absolute atomic E-state index is 12.2. The first kappa shape index (κ1) is 23.2. The number of benzene rings is 1. The first-order valence-corrected chi connectivity index (χ1v) is 13.1. The summed E-state index contributed by atoms with van der Waals surface area (Å²) in [6.45, 7) is 6.58. The number of likely N-dealkylation sites (tertiary alicyclic amines) is 1. The number of halogens is 1. The molecule has 11 heteroatoms. The van der Waals surface area contributed by atoms with Crippen LogP contribution in [0, 0.1) is 17.2 Å². The number of imidazole rings is 1. The molecule has 0 atom stereocenters. The van der Waals surface area contributed by atoms with E-state index in [4.69, 9.17) is 19.9 Å². The number of fused-ring (bicyclic) bond motifs is 2. The summed E-state index contributed by atoms with van der Waals surface area (Å²) >= 11 is 5.06. The van der Waals surface area contributed by atoms with Crippen LogP contribution >= 0.6 is 27.7 Å². The van der Waals surface area contributed by atoms with Crippen molar-refractivity contribution in [2.24, 2.45) is 11.8 Å². The van der Waals surface area contributed by atoms with Crippen LogP contribution in [-0.4, -0.2) is 50.2 Å². The van der Waals surface area contributed by atoms with Gasteiger partial charge < -0.3 is 23.9 Å². The average Bonchev–Trinajstić information content (AvgIpc) is 3.46. The van der Waals surface area contributed by atoms with Crippen molar-refractivity contribution in [3.05, 3.63) is 28.4 Å². The molecule has 2 aliphatic rings. The van der Waals surface area contributed by atoms with E-state index in [9.17, 15) is 4.79 Å². The van der Waals surface area contributed by atoms with Crippen molar-refractivity contribution >= 4 is 44.8 Å². The van der Waals surface area contributed by atoms with Crippen LogP contribution in [0.15, 0.2) is 33.0 Å². The topological polar surface area (TPSA) is 109 Å². The molecule has 9 nitrogen and oxygen atoms in total. The highest BCUT2D eigenvalue weighted by Crippen LogP contribution is 2.42. The van der Waals surface area contributed by atoms with E-state index in [2.05, 4.69) is 25.9 Å². The van der Waals surface area contributed by atoms with Gasteiger partial charge in [0.2, 0.25) is 12.7 Å². The minimum Gasteiger partial charge on any atom is -0.454 e. The molecular weight excluding hydrogens is 520 g/mol. The molecule has 0 saturated carbocycles. The molecule has 0 spiro atoms. The number of hydrogen-bond acceptors (Lipinski definition) is 7. The Morgan fingerprint density at radius 2 is 2.03 bits per heavy atom. The fourth-order valence-corrected chi connectivity index (χ4v) is 5.77. The van der Waals surface area contributed by atoms with Gasteiger partial charge in [-0.2, -0.15) is 0 Å². The highest BCUT2D eigenvalue weighted by molar-refractivity contribution is 9.10. The molecule has 0 radical (unpaired) electrons. The standard InChI is InChI=1S/C23H27BrN6O3S/c1-13(2)22(31)29-6-3-14(4-7-29)5-8-30-11-26-20(25)19-21(30)28-23(27-19)34-18-10-17-16(9-15(18)24)32-12-33-17/h9-11,13-14,25H,3-8,12H2,1-2H3,(H,27,28). The minimum atomic E-state index is 0.0554. The van der Waals surface area contributed by atoms with Crippen LogP contribution in [-0.2, 0) is 11.3 Å². The number of H-pyrrole nitrogens is 1. The zero-order chi connectivity index (χ0) is 23.8. The molecule has 0 aliphatic carbocycles. The van der Waals surface area contributed by atoms with Gasteiger partial charge in [-0.3, -0.25) is 10.2 Å². The van der Waals surface area contributed by atoms with Gasteiger partial charge in [0.05, 0.1) is 6.33 Å². The maximum Gasteiger partial charge on any atom is 0.231 e. The van der Waals surface area contributed by atoms with E-state index in [1.165, 1.54) is 11.8 Å². The predicted molar refractivity (Wildman–Crippen MR) is 131 cm³/mol. The number of carbonyl (C=O) groups is 1. The van der Waals surface area contributed by atoms with E-state index in [0.717, 1.165) is 59.7 Å². The normalized spacial score (nSPS) is 16.1. The SMILES string of the molecule is CC(C)C(=O)N1CCC(CCn2cnc(=N)c3[nH]c(Sc4cc5c(cc4Br)OCO5)nc32)CC1. The van der Waals surface area contributed by atoms with Crippen LogP contribution in [0.5, 0.6) is 11.5 Å². The quantitative estimate of drug-likeness (QED) is 0.480.